The standard InChI is InChI=1S/C12H18N2O6/c1-20-8(16)3-2-6-4-14-7(5-15)9(17)10(18)11(19)12(14)13-6/h4,7,9-11,15,17-19H,2-3,5H2,1H3/t7-,9-,10+,11-/m1/s1. The molecule has 8 heteroatoms. The number of fused-ring (bicyclic) bond motifs is 1. The zero-order valence-corrected chi connectivity index (χ0v) is 11.0. The van der Waals surface area contributed by atoms with E-state index in [1.807, 2.05) is 0 Å². The van der Waals surface area contributed by atoms with E-state index in [9.17, 15) is 25.2 Å². The highest BCUT2D eigenvalue weighted by Gasteiger charge is 2.41. The molecule has 112 valence electrons. The molecule has 0 fully saturated rings. The maximum atomic E-state index is 11.1. The number of nitrogens with zero attached hydrogens (tertiary/aromatic N) is 2. The molecule has 1 aliphatic heterocycles. The number of aliphatic hydroxyl groups is 4. The Labute approximate surface area is 115 Å². The lowest BCUT2D eigenvalue weighted by molar-refractivity contribution is -0.140. The minimum atomic E-state index is -1.41. The van der Waals surface area contributed by atoms with E-state index in [1.165, 1.54) is 11.7 Å². The van der Waals surface area contributed by atoms with Crippen LogP contribution in [0.4, 0.5) is 0 Å². The third-order valence-corrected chi connectivity index (χ3v) is 3.50. The Bertz CT molecular complexity index is 488. The molecular formula is C12H18N2O6. The van der Waals surface area contributed by atoms with Gasteiger partial charge < -0.3 is 29.7 Å². The van der Waals surface area contributed by atoms with Gasteiger partial charge in [0.2, 0.25) is 0 Å². The first kappa shape index (κ1) is 14.9. The molecule has 1 aromatic heterocycles. The molecule has 0 unspecified atom stereocenters. The van der Waals surface area contributed by atoms with Crippen LogP contribution < -0.4 is 0 Å². The minimum absolute atomic E-state index is 0.137. The van der Waals surface area contributed by atoms with Crippen molar-refractivity contribution in [2.24, 2.45) is 0 Å². The molecule has 0 amide bonds. The second kappa shape index (κ2) is 5.88. The molecule has 4 N–H and O–H groups in total. The van der Waals surface area contributed by atoms with Gasteiger partial charge in [0.05, 0.1) is 31.9 Å². The maximum absolute atomic E-state index is 11.1. The lowest BCUT2D eigenvalue weighted by Crippen LogP contribution is -2.46. The van der Waals surface area contributed by atoms with Crippen molar-refractivity contribution in [3.8, 4) is 0 Å². The van der Waals surface area contributed by atoms with Gasteiger partial charge in [-0.2, -0.15) is 0 Å². The number of hydrogen-bond acceptors (Lipinski definition) is 7. The highest BCUT2D eigenvalue weighted by molar-refractivity contribution is 5.69. The van der Waals surface area contributed by atoms with Crippen molar-refractivity contribution in [1.82, 2.24) is 9.55 Å². The SMILES string of the molecule is COC(=O)CCc1cn2c(n1)[C@H](O)[C@@H](O)[C@H](O)[C@H]2CO. The number of aromatic nitrogens is 2. The Kier molecular flexibility index (Phi) is 4.39. The number of ether oxygens (including phenoxy) is 1. The van der Waals surface area contributed by atoms with Crippen molar-refractivity contribution in [2.75, 3.05) is 13.7 Å². The molecule has 0 bridgehead atoms. The fourth-order valence-corrected chi connectivity index (χ4v) is 2.33. The van der Waals surface area contributed by atoms with Crippen molar-refractivity contribution in [3.05, 3.63) is 17.7 Å². The number of hydrogen-bond donors (Lipinski definition) is 4. The quantitative estimate of drug-likeness (QED) is 0.486. The third-order valence-electron chi connectivity index (χ3n) is 3.50. The van der Waals surface area contributed by atoms with Crippen LogP contribution >= 0.6 is 0 Å². The predicted octanol–water partition coefficient (Wildman–Crippen LogP) is -1.71. The van der Waals surface area contributed by atoms with Crippen molar-refractivity contribution < 1.29 is 30.0 Å². The first-order valence-electron chi connectivity index (χ1n) is 6.29. The molecular weight excluding hydrogens is 268 g/mol. The van der Waals surface area contributed by atoms with E-state index in [-0.39, 0.29) is 18.2 Å². The largest absolute Gasteiger partial charge is 0.469 e. The van der Waals surface area contributed by atoms with Crippen LogP contribution in [0.2, 0.25) is 0 Å². The third kappa shape index (κ3) is 2.55. The molecule has 0 aliphatic carbocycles. The second-order valence-corrected chi connectivity index (χ2v) is 4.75. The first-order valence-corrected chi connectivity index (χ1v) is 6.29. The molecule has 8 nitrogen and oxygen atoms in total. The number of carbonyl (C=O) groups is 1. The Morgan fingerprint density at radius 2 is 2.10 bits per heavy atom. The average Bonchev–Trinajstić information content (AvgIpc) is 2.87. The topological polar surface area (TPSA) is 125 Å². The highest BCUT2D eigenvalue weighted by Crippen LogP contribution is 2.32. The summed E-state index contributed by atoms with van der Waals surface area (Å²) in [5.41, 5.74) is 0.518. The zero-order valence-electron chi connectivity index (χ0n) is 11.0. The van der Waals surface area contributed by atoms with Crippen LogP contribution in [0.1, 0.15) is 30.1 Å². The fraction of sp³-hybridized carbons (Fsp3) is 0.667. The summed E-state index contributed by atoms with van der Waals surface area (Å²) in [4.78, 5) is 15.2. The van der Waals surface area contributed by atoms with Gasteiger partial charge in [-0.25, -0.2) is 4.98 Å². The molecule has 2 rings (SSSR count). The molecule has 2 heterocycles. The molecule has 0 spiro atoms. The van der Waals surface area contributed by atoms with Crippen LogP contribution in [0, 0.1) is 0 Å². The van der Waals surface area contributed by atoms with E-state index in [4.69, 9.17) is 0 Å². The smallest absolute Gasteiger partial charge is 0.305 e. The lowest BCUT2D eigenvalue weighted by atomic mass is 9.96. The molecule has 0 saturated carbocycles. The van der Waals surface area contributed by atoms with Crippen LogP contribution in [0.3, 0.4) is 0 Å². The summed E-state index contributed by atoms with van der Waals surface area (Å²) in [5, 5.41) is 38.7. The first-order chi connectivity index (χ1) is 9.49. The number of rotatable bonds is 4. The average molecular weight is 286 g/mol. The Morgan fingerprint density at radius 1 is 1.40 bits per heavy atom. The molecule has 0 aromatic carbocycles. The normalized spacial score (nSPS) is 29.1. The Hall–Kier alpha value is -1.48. The van der Waals surface area contributed by atoms with Crippen LogP contribution in [0.25, 0.3) is 0 Å². The van der Waals surface area contributed by atoms with E-state index < -0.39 is 31.0 Å². The van der Waals surface area contributed by atoms with Gasteiger partial charge in [-0.15, -0.1) is 0 Å². The summed E-state index contributed by atoms with van der Waals surface area (Å²) in [6.45, 7) is -0.398. The fourth-order valence-electron chi connectivity index (χ4n) is 2.33. The minimum Gasteiger partial charge on any atom is -0.469 e. The predicted molar refractivity (Wildman–Crippen MR) is 65.7 cm³/mol. The second-order valence-electron chi connectivity index (χ2n) is 4.75. The van der Waals surface area contributed by atoms with Crippen molar-refractivity contribution in [3.63, 3.8) is 0 Å². The van der Waals surface area contributed by atoms with E-state index in [0.29, 0.717) is 12.1 Å². The maximum Gasteiger partial charge on any atom is 0.305 e. The lowest BCUT2D eigenvalue weighted by Gasteiger charge is -2.35. The van der Waals surface area contributed by atoms with Crippen molar-refractivity contribution in [2.45, 2.75) is 37.2 Å². The van der Waals surface area contributed by atoms with Gasteiger partial charge in [0.15, 0.2) is 0 Å². The summed E-state index contributed by atoms with van der Waals surface area (Å²) in [5.74, 6) is -0.211. The number of aryl methyl sites for hydroxylation is 1. The Balaban J connectivity index is 2.24. The van der Waals surface area contributed by atoms with Crippen molar-refractivity contribution >= 4 is 5.97 Å². The van der Waals surface area contributed by atoms with Gasteiger partial charge in [0, 0.05) is 12.6 Å². The zero-order chi connectivity index (χ0) is 14.9. The molecule has 0 saturated heterocycles. The summed E-state index contributed by atoms with van der Waals surface area (Å²) in [7, 11) is 1.29. The number of imidazole rings is 1. The van der Waals surface area contributed by atoms with Gasteiger partial charge in [-0.1, -0.05) is 0 Å². The Morgan fingerprint density at radius 3 is 2.70 bits per heavy atom. The van der Waals surface area contributed by atoms with Crippen LogP contribution in [-0.4, -0.2) is 61.9 Å². The number of methoxy groups -OCH3 is 1. The number of aliphatic hydroxyl groups excluding tert-OH is 4. The van der Waals surface area contributed by atoms with Gasteiger partial charge >= 0.3 is 5.97 Å². The van der Waals surface area contributed by atoms with Crippen LogP contribution in [0.5, 0.6) is 0 Å². The number of carbonyl (C=O) groups excluding carboxylic acids is 1. The van der Waals surface area contributed by atoms with Crippen LogP contribution in [-0.2, 0) is 16.0 Å². The highest BCUT2D eigenvalue weighted by atomic mass is 16.5. The molecule has 1 aliphatic rings. The van der Waals surface area contributed by atoms with E-state index in [2.05, 4.69) is 9.72 Å². The van der Waals surface area contributed by atoms with Gasteiger partial charge in [0.1, 0.15) is 24.1 Å². The summed E-state index contributed by atoms with van der Waals surface area (Å²) >= 11 is 0. The van der Waals surface area contributed by atoms with E-state index >= 15 is 0 Å². The number of esters is 1. The molecule has 1 aromatic rings. The van der Waals surface area contributed by atoms with Gasteiger partial charge in [-0.3, -0.25) is 4.79 Å². The molecule has 20 heavy (non-hydrogen) atoms. The monoisotopic (exact) mass is 286 g/mol. The molecule has 4 atom stereocenters. The van der Waals surface area contributed by atoms with E-state index in [0.717, 1.165) is 0 Å². The summed E-state index contributed by atoms with van der Waals surface area (Å²) in [6.07, 6.45) is -2.03. The van der Waals surface area contributed by atoms with Gasteiger partial charge in [0.25, 0.3) is 0 Å². The summed E-state index contributed by atoms with van der Waals surface area (Å²) in [6, 6.07) is -0.775. The van der Waals surface area contributed by atoms with Gasteiger partial charge in [-0.05, 0) is 0 Å². The van der Waals surface area contributed by atoms with Crippen LogP contribution in [0.15, 0.2) is 6.20 Å². The van der Waals surface area contributed by atoms with Crippen molar-refractivity contribution in [1.29, 1.82) is 0 Å². The van der Waals surface area contributed by atoms with E-state index in [1.54, 1.807) is 6.20 Å². The summed E-state index contributed by atoms with van der Waals surface area (Å²) < 4.78 is 5.97. The molecule has 0 radical (unpaired) electrons.